The fraction of sp³-hybridized carbons (Fsp3) is 0.222. The SMILES string of the molecule is CNC.O=CO.c1ccccc1. The van der Waals surface area contributed by atoms with Gasteiger partial charge in [0.15, 0.2) is 0 Å². The van der Waals surface area contributed by atoms with E-state index in [0.29, 0.717) is 0 Å². The number of hydrogen-bond acceptors (Lipinski definition) is 2. The molecule has 0 saturated carbocycles. The maximum atomic E-state index is 8.36. The van der Waals surface area contributed by atoms with Crippen LogP contribution in [0.1, 0.15) is 0 Å². The van der Waals surface area contributed by atoms with E-state index in [2.05, 4.69) is 5.32 Å². The molecule has 1 aromatic rings. The van der Waals surface area contributed by atoms with Crippen LogP contribution in [-0.2, 0) is 4.79 Å². The summed E-state index contributed by atoms with van der Waals surface area (Å²) >= 11 is 0. The van der Waals surface area contributed by atoms with Crippen molar-refractivity contribution in [1.82, 2.24) is 5.32 Å². The minimum Gasteiger partial charge on any atom is -0.483 e. The van der Waals surface area contributed by atoms with Crippen molar-refractivity contribution in [2.45, 2.75) is 0 Å². The van der Waals surface area contributed by atoms with Gasteiger partial charge in [-0.15, -0.1) is 0 Å². The Morgan fingerprint density at radius 3 is 1.17 bits per heavy atom. The molecule has 0 aliphatic rings. The molecular formula is C9H15NO2. The van der Waals surface area contributed by atoms with E-state index in [-0.39, 0.29) is 6.47 Å². The smallest absolute Gasteiger partial charge is 0.290 e. The third-order valence-electron chi connectivity index (χ3n) is 0.667. The maximum absolute atomic E-state index is 8.36. The molecule has 0 aliphatic heterocycles. The minimum atomic E-state index is -0.250. The summed E-state index contributed by atoms with van der Waals surface area (Å²) in [6.45, 7) is -0.250. The molecule has 0 fully saturated rings. The van der Waals surface area contributed by atoms with Crippen LogP contribution in [0.25, 0.3) is 0 Å². The predicted molar refractivity (Wildman–Crippen MR) is 50.1 cm³/mol. The molecule has 68 valence electrons. The summed E-state index contributed by atoms with van der Waals surface area (Å²) < 4.78 is 0. The van der Waals surface area contributed by atoms with Gasteiger partial charge in [-0.1, -0.05) is 36.4 Å². The molecule has 0 aliphatic carbocycles. The lowest BCUT2D eigenvalue weighted by atomic mass is 10.4. The zero-order valence-electron chi connectivity index (χ0n) is 7.40. The molecule has 0 amide bonds. The summed E-state index contributed by atoms with van der Waals surface area (Å²) in [4.78, 5) is 8.36. The van der Waals surface area contributed by atoms with Gasteiger partial charge in [0, 0.05) is 0 Å². The van der Waals surface area contributed by atoms with E-state index in [1.54, 1.807) is 0 Å². The second-order valence-corrected chi connectivity index (χ2v) is 1.76. The quantitative estimate of drug-likeness (QED) is 0.574. The van der Waals surface area contributed by atoms with Gasteiger partial charge >= 0.3 is 0 Å². The van der Waals surface area contributed by atoms with Crippen LogP contribution >= 0.6 is 0 Å². The summed E-state index contributed by atoms with van der Waals surface area (Å²) in [6.07, 6.45) is 0. The summed E-state index contributed by atoms with van der Waals surface area (Å²) in [5.74, 6) is 0. The summed E-state index contributed by atoms with van der Waals surface area (Å²) in [6, 6.07) is 12.0. The molecular weight excluding hydrogens is 154 g/mol. The van der Waals surface area contributed by atoms with Crippen molar-refractivity contribution in [3.63, 3.8) is 0 Å². The van der Waals surface area contributed by atoms with Crippen molar-refractivity contribution in [2.75, 3.05) is 14.1 Å². The number of rotatable bonds is 0. The van der Waals surface area contributed by atoms with E-state index >= 15 is 0 Å². The molecule has 1 rings (SSSR count). The predicted octanol–water partition coefficient (Wildman–Crippen LogP) is 1.22. The Morgan fingerprint density at radius 1 is 1.00 bits per heavy atom. The molecule has 0 atom stereocenters. The Morgan fingerprint density at radius 2 is 1.08 bits per heavy atom. The van der Waals surface area contributed by atoms with Crippen LogP contribution in [0.5, 0.6) is 0 Å². The Balaban J connectivity index is 0. The monoisotopic (exact) mass is 169 g/mol. The lowest BCUT2D eigenvalue weighted by molar-refractivity contribution is -0.122. The topological polar surface area (TPSA) is 49.3 Å². The van der Waals surface area contributed by atoms with Crippen LogP contribution in [0.2, 0.25) is 0 Å². The molecule has 3 nitrogen and oxygen atoms in total. The van der Waals surface area contributed by atoms with E-state index in [9.17, 15) is 0 Å². The molecule has 2 N–H and O–H groups in total. The lowest BCUT2D eigenvalue weighted by Gasteiger charge is -1.69. The lowest BCUT2D eigenvalue weighted by Crippen LogP contribution is -1.89. The molecule has 12 heavy (non-hydrogen) atoms. The molecule has 0 spiro atoms. The Labute approximate surface area is 73.0 Å². The van der Waals surface area contributed by atoms with Crippen LogP contribution in [0.3, 0.4) is 0 Å². The molecule has 0 aromatic heterocycles. The summed E-state index contributed by atoms with van der Waals surface area (Å²) in [5, 5.41) is 9.64. The van der Waals surface area contributed by atoms with Crippen molar-refractivity contribution in [2.24, 2.45) is 0 Å². The van der Waals surface area contributed by atoms with Gasteiger partial charge in [0.05, 0.1) is 0 Å². The third kappa shape index (κ3) is 23.4. The molecule has 0 radical (unpaired) electrons. The molecule has 1 aromatic carbocycles. The standard InChI is InChI=1S/C6H6.C2H7N.CH2O2/c1-2-4-6-5-3-1;1-3-2;2-1-3/h1-6H;3H,1-2H3;1H,(H,2,3). The van der Waals surface area contributed by atoms with Crippen molar-refractivity contribution in [1.29, 1.82) is 0 Å². The van der Waals surface area contributed by atoms with Crippen molar-refractivity contribution in [3.8, 4) is 0 Å². The fourth-order valence-corrected chi connectivity index (χ4v) is 0.385. The number of carbonyl (C=O) groups is 1. The Hall–Kier alpha value is -1.35. The highest BCUT2D eigenvalue weighted by molar-refractivity contribution is 5.32. The number of nitrogens with one attached hydrogen (secondary N) is 1. The second-order valence-electron chi connectivity index (χ2n) is 1.76. The highest BCUT2D eigenvalue weighted by Gasteiger charge is 1.57. The number of hydrogen-bond donors (Lipinski definition) is 2. The molecule has 3 heteroatoms. The molecule has 0 saturated heterocycles. The first kappa shape index (κ1) is 13.3. The highest BCUT2D eigenvalue weighted by atomic mass is 16.3. The van der Waals surface area contributed by atoms with Crippen LogP contribution < -0.4 is 5.32 Å². The van der Waals surface area contributed by atoms with Gasteiger partial charge in [-0.2, -0.15) is 0 Å². The van der Waals surface area contributed by atoms with Gasteiger partial charge in [-0.05, 0) is 14.1 Å². The van der Waals surface area contributed by atoms with Gasteiger partial charge < -0.3 is 10.4 Å². The van der Waals surface area contributed by atoms with Crippen molar-refractivity contribution >= 4 is 6.47 Å². The van der Waals surface area contributed by atoms with Crippen LogP contribution in [0.15, 0.2) is 36.4 Å². The molecule has 0 heterocycles. The largest absolute Gasteiger partial charge is 0.483 e. The normalized spacial score (nSPS) is 6.50. The Bertz CT molecular complexity index is 127. The van der Waals surface area contributed by atoms with Gasteiger partial charge in [0.2, 0.25) is 0 Å². The van der Waals surface area contributed by atoms with Crippen molar-refractivity contribution in [3.05, 3.63) is 36.4 Å². The fourth-order valence-electron chi connectivity index (χ4n) is 0.385. The summed E-state index contributed by atoms with van der Waals surface area (Å²) in [5.41, 5.74) is 0. The first-order chi connectivity index (χ1) is 5.83. The average molecular weight is 169 g/mol. The average Bonchev–Trinajstić information content (AvgIpc) is 2.10. The molecule has 0 bridgehead atoms. The minimum absolute atomic E-state index is 0.250. The Kier molecular flexibility index (Phi) is 18.0. The van der Waals surface area contributed by atoms with Gasteiger partial charge in [0.25, 0.3) is 6.47 Å². The zero-order chi connectivity index (χ0) is 9.66. The first-order valence-corrected chi connectivity index (χ1v) is 3.49. The van der Waals surface area contributed by atoms with E-state index in [1.165, 1.54) is 0 Å². The number of carboxylic acid groups (broad SMARTS) is 1. The van der Waals surface area contributed by atoms with Crippen LogP contribution in [-0.4, -0.2) is 25.7 Å². The maximum Gasteiger partial charge on any atom is 0.290 e. The van der Waals surface area contributed by atoms with Crippen LogP contribution in [0.4, 0.5) is 0 Å². The third-order valence-corrected chi connectivity index (χ3v) is 0.667. The summed E-state index contributed by atoms with van der Waals surface area (Å²) in [7, 11) is 3.75. The second kappa shape index (κ2) is 16.3. The van der Waals surface area contributed by atoms with E-state index in [4.69, 9.17) is 9.90 Å². The van der Waals surface area contributed by atoms with Crippen molar-refractivity contribution < 1.29 is 9.90 Å². The highest BCUT2D eigenvalue weighted by Crippen LogP contribution is 1.79. The van der Waals surface area contributed by atoms with E-state index < -0.39 is 0 Å². The van der Waals surface area contributed by atoms with Gasteiger partial charge in [-0.3, -0.25) is 4.79 Å². The first-order valence-electron chi connectivity index (χ1n) is 3.49. The van der Waals surface area contributed by atoms with Gasteiger partial charge in [-0.25, -0.2) is 0 Å². The molecule has 0 unspecified atom stereocenters. The van der Waals surface area contributed by atoms with Crippen LogP contribution in [0, 0.1) is 0 Å². The van der Waals surface area contributed by atoms with Gasteiger partial charge in [0.1, 0.15) is 0 Å². The van der Waals surface area contributed by atoms with E-state index in [0.717, 1.165) is 0 Å². The zero-order valence-corrected chi connectivity index (χ0v) is 7.40. The van der Waals surface area contributed by atoms with E-state index in [1.807, 2.05) is 50.5 Å². The number of benzene rings is 1.